The van der Waals surface area contributed by atoms with Crippen molar-refractivity contribution >= 4 is 0 Å². The Morgan fingerprint density at radius 3 is 2.76 bits per heavy atom. The summed E-state index contributed by atoms with van der Waals surface area (Å²) < 4.78 is 5.61. The lowest BCUT2D eigenvalue weighted by Gasteiger charge is -2.39. The van der Waals surface area contributed by atoms with Crippen LogP contribution in [0.4, 0.5) is 0 Å². The minimum absolute atomic E-state index is 0.0795. The Hall–Kier alpha value is -0.120. The number of methoxy groups -OCH3 is 1. The molecule has 1 rings (SSSR count). The fraction of sp³-hybridized carbons (Fsp3) is 1.00. The van der Waals surface area contributed by atoms with E-state index in [2.05, 4.69) is 31.0 Å². The van der Waals surface area contributed by atoms with Gasteiger partial charge in [0.1, 0.15) is 0 Å². The van der Waals surface area contributed by atoms with Gasteiger partial charge in [-0.15, -0.1) is 0 Å². The van der Waals surface area contributed by atoms with Crippen molar-refractivity contribution in [2.75, 3.05) is 39.8 Å². The summed E-state index contributed by atoms with van der Waals surface area (Å²) in [5.41, 5.74) is 0.0795. The highest BCUT2D eigenvalue weighted by Gasteiger charge is 2.30. The van der Waals surface area contributed by atoms with Crippen molar-refractivity contribution in [2.45, 2.75) is 45.6 Å². The van der Waals surface area contributed by atoms with E-state index in [1.807, 2.05) is 7.11 Å². The van der Waals surface area contributed by atoms with E-state index in [4.69, 9.17) is 4.74 Å². The summed E-state index contributed by atoms with van der Waals surface area (Å²) in [6.45, 7) is 12.5. The Kier molecular flexibility index (Phi) is 6.45. The largest absolute Gasteiger partial charge is 0.377 e. The van der Waals surface area contributed by atoms with Gasteiger partial charge in [-0.25, -0.2) is 0 Å². The number of nitrogens with zero attached hydrogens (tertiary/aromatic N) is 1. The smallest absolute Gasteiger partial charge is 0.0777 e. The van der Waals surface area contributed by atoms with Gasteiger partial charge in [0.25, 0.3) is 0 Å². The second-order valence-corrected chi connectivity index (χ2v) is 5.97. The number of nitrogens with one attached hydrogen (secondary N) is 1. The molecule has 1 saturated heterocycles. The van der Waals surface area contributed by atoms with Crippen LogP contribution in [0.1, 0.15) is 40.0 Å². The Morgan fingerprint density at radius 2 is 2.12 bits per heavy atom. The molecule has 0 bridgehead atoms. The molecule has 0 spiro atoms. The number of likely N-dealkylation sites (tertiary alicyclic amines) is 1. The molecule has 0 aromatic heterocycles. The van der Waals surface area contributed by atoms with Crippen molar-refractivity contribution in [1.29, 1.82) is 0 Å². The highest BCUT2D eigenvalue weighted by Crippen LogP contribution is 2.23. The molecule has 3 heteroatoms. The molecule has 1 unspecified atom stereocenters. The molecule has 1 aliphatic heterocycles. The average molecular weight is 242 g/mol. The molecule has 17 heavy (non-hydrogen) atoms. The second kappa shape index (κ2) is 7.34. The van der Waals surface area contributed by atoms with Crippen LogP contribution in [-0.4, -0.2) is 50.3 Å². The third kappa shape index (κ3) is 5.84. The Morgan fingerprint density at radius 1 is 1.35 bits per heavy atom. The Labute approximate surface area is 107 Å². The first-order valence-electron chi connectivity index (χ1n) is 7.04. The molecule has 0 aromatic rings. The van der Waals surface area contributed by atoms with Gasteiger partial charge in [-0.3, -0.25) is 4.90 Å². The molecule has 1 atom stereocenters. The van der Waals surface area contributed by atoms with E-state index in [9.17, 15) is 0 Å². The molecule has 102 valence electrons. The average Bonchev–Trinajstić information content (AvgIpc) is 2.28. The lowest BCUT2D eigenvalue weighted by atomic mass is 9.95. The summed E-state index contributed by atoms with van der Waals surface area (Å²) in [5, 5.41) is 3.53. The zero-order valence-corrected chi connectivity index (χ0v) is 12.1. The molecule has 0 aliphatic carbocycles. The van der Waals surface area contributed by atoms with Gasteiger partial charge in [-0.1, -0.05) is 13.8 Å². The lowest BCUT2D eigenvalue weighted by molar-refractivity contribution is -0.0502. The standard InChI is InChI=1S/C14H30N2O/c1-13(2)6-8-15-9-11-16-10-5-7-14(3,12-16)17-4/h13,15H,5-12H2,1-4H3. The number of ether oxygens (including phenoxy) is 1. The monoisotopic (exact) mass is 242 g/mol. The number of rotatable bonds is 7. The minimum Gasteiger partial charge on any atom is -0.377 e. The van der Waals surface area contributed by atoms with Gasteiger partial charge in [0.15, 0.2) is 0 Å². The topological polar surface area (TPSA) is 24.5 Å². The van der Waals surface area contributed by atoms with Gasteiger partial charge in [0, 0.05) is 26.7 Å². The first-order chi connectivity index (χ1) is 8.06. The molecule has 0 radical (unpaired) electrons. The first-order valence-corrected chi connectivity index (χ1v) is 7.04. The van der Waals surface area contributed by atoms with E-state index in [0.29, 0.717) is 0 Å². The number of piperidine rings is 1. The number of hydrogen-bond acceptors (Lipinski definition) is 3. The van der Waals surface area contributed by atoms with Gasteiger partial charge >= 0.3 is 0 Å². The third-order valence-electron chi connectivity index (χ3n) is 3.73. The second-order valence-electron chi connectivity index (χ2n) is 5.97. The predicted octanol–water partition coefficient (Wildman–Crippen LogP) is 2.12. The highest BCUT2D eigenvalue weighted by molar-refractivity contribution is 4.84. The molecule has 3 nitrogen and oxygen atoms in total. The summed E-state index contributed by atoms with van der Waals surface area (Å²) in [7, 11) is 1.84. The van der Waals surface area contributed by atoms with Crippen LogP contribution in [0.5, 0.6) is 0 Å². The maximum Gasteiger partial charge on any atom is 0.0777 e. The summed E-state index contributed by atoms with van der Waals surface area (Å²) >= 11 is 0. The summed E-state index contributed by atoms with van der Waals surface area (Å²) in [6, 6.07) is 0. The maximum atomic E-state index is 5.61. The van der Waals surface area contributed by atoms with Crippen molar-refractivity contribution in [3.05, 3.63) is 0 Å². The fourth-order valence-corrected chi connectivity index (χ4v) is 2.42. The van der Waals surface area contributed by atoms with E-state index in [0.717, 1.165) is 32.1 Å². The van der Waals surface area contributed by atoms with Gasteiger partial charge in [0.2, 0.25) is 0 Å². The van der Waals surface area contributed by atoms with Crippen LogP contribution < -0.4 is 5.32 Å². The summed E-state index contributed by atoms with van der Waals surface area (Å²) in [5.74, 6) is 0.800. The first kappa shape index (κ1) is 14.9. The van der Waals surface area contributed by atoms with Crippen molar-refractivity contribution in [3.8, 4) is 0 Å². The summed E-state index contributed by atoms with van der Waals surface area (Å²) in [4.78, 5) is 2.52. The Bertz CT molecular complexity index is 208. The van der Waals surface area contributed by atoms with Gasteiger partial charge in [-0.2, -0.15) is 0 Å². The molecule has 0 aromatic carbocycles. The van der Waals surface area contributed by atoms with E-state index in [-0.39, 0.29) is 5.60 Å². The zero-order valence-electron chi connectivity index (χ0n) is 12.1. The SMILES string of the molecule is COC1(C)CCCN(CCNCCC(C)C)C1. The van der Waals surface area contributed by atoms with E-state index in [1.165, 1.54) is 25.8 Å². The van der Waals surface area contributed by atoms with E-state index >= 15 is 0 Å². The van der Waals surface area contributed by atoms with Crippen molar-refractivity contribution in [2.24, 2.45) is 5.92 Å². The van der Waals surface area contributed by atoms with Crippen molar-refractivity contribution in [3.63, 3.8) is 0 Å². The van der Waals surface area contributed by atoms with Crippen LogP contribution in [0.2, 0.25) is 0 Å². The van der Waals surface area contributed by atoms with Crippen LogP contribution in [0, 0.1) is 5.92 Å². The quantitative estimate of drug-likeness (QED) is 0.692. The molecule has 1 heterocycles. The predicted molar refractivity (Wildman–Crippen MR) is 73.4 cm³/mol. The molecule has 0 amide bonds. The molecular formula is C14H30N2O. The molecule has 1 N–H and O–H groups in total. The maximum absolute atomic E-state index is 5.61. The minimum atomic E-state index is 0.0795. The molecule has 0 saturated carbocycles. The molecular weight excluding hydrogens is 212 g/mol. The number of hydrogen-bond donors (Lipinski definition) is 1. The van der Waals surface area contributed by atoms with Gasteiger partial charge in [-0.05, 0) is 45.2 Å². The lowest BCUT2D eigenvalue weighted by Crippen LogP contribution is -2.49. The van der Waals surface area contributed by atoms with Crippen molar-refractivity contribution in [1.82, 2.24) is 10.2 Å². The van der Waals surface area contributed by atoms with Crippen LogP contribution in [-0.2, 0) is 4.74 Å². The zero-order chi connectivity index (χ0) is 12.7. The van der Waals surface area contributed by atoms with E-state index < -0.39 is 0 Å². The van der Waals surface area contributed by atoms with E-state index in [1.54, 1.807) is 0 Å². The van der Waals surface area contributed by atoms with Crippen molar-refractivity contribution < 1.29 is 4.74 Å². The third-order valence-corrected chi connectivity index (χ3v) is 3.73. The normalized spacial score (nSPS) is 26.6. The summed E-state index contributed by atoms with van der Waals surface area (Å²) in [6.07, 6.45) is 3.73. The Balaban J connectivity index is 2.11. The fourth-order valence-electron chi connectivity index (χ4n) is 2.42. The van der Waals surface area contributed by atoms with Gasteiger partial charge < -0.3 is 10.1 Å². The molecule has 1 aliphatic rings. The molecule has 1 fully saturated rings. The van der Waals surface area contributed by atoms with Crippen LogP contribution >= 0.6 is 0 Å². The van der Waals surface area contributed by atoms with Crippen LogP contribution in [0.25, 0.3) is 0 Å². The van der Waals surface area contributed by atoms with Crippen LogP contribution in [0.15, 0.2) is 0 Å². The highest BCUT2D eigenvalue weighted by atomic mass is 16.5. The van der Waals surface area contributed by atoms with Crippen LogP contribution in [0.3, 0.4) is 0 Å². The van der Waals surface area contributed by atoms with Gasteiger partial charge in [0.05, 0.1) is 5.60 Å².